The van der Waals surface area contributed by atoms with Gasteiger partial charge in [0.15, 0.2) is 5.13 Å². The number of piperidine rings is 1. The Balaban J connectivity index is 2.28. The molecule has 0 aromatic carbocycles. The first-order valence-electron chi connectivity index (χ1n) is 7.27. The molecule has 108 valence electrons. The maximum Gasteiger partial charge on any atom is 0.185 e. The van der Waals surface area contributed by atoms with Crippen LogP contribution in [0.1, 0.15) is 63.9 Å². The van der Waals surface area contributed by atoms with Crippen LogP contribution in [0.3, 0.4) is 0 Å². The van der Waals surface area contributed by atoms with Crippen LogP contribution in [-0.4, -0.2) is 23.2 Å². The summed E-state index contributed by atoms with van der Waals surface area (Å²) < 4.78 is 0. The van der Waals surface area contributed by atoms with E-state index < -0.39 is 5.60 Å². The van der Waals surface area contributed by atoms with Gasteiger partial charge >= 0.3 is 0 Å². The van der Waals surface area contributed by atoms with Gasteiger partial charge in [-0.25, -0.2) is 4.98 Å². The van der Waals surface area contributed by atoms with Crippen molar-refractivity contribution in [1.29, 1.82) is 0 Å². The van der Waals surface area contributed by atoms with Crippen LogP contribution >= 0.6 is 11.3 Å². The number of aromatic nitrogens is 1. The highest BCUT2D eigenvalue weighted by Gasteiger charge is 2.28. The summed E-state index contributed by atoms with van der Waals surface area (Å²) in [6, 6.07) is 0. The number of rotatable bonds is 3. The number of nitrogens with zero attached hydrogens (tertiary/aromatic N) is 2. The molecule has 19 heavy (non-hydrogen) atoms. The lowest BCUT2D eigenvalue weighted by Gasteiger charge is -2.29. The van der Waals surface area contributed by atoms with Gasteiger partial charge in [-0.2, -0.15) is 0 Å². The largest absolute Gasteiger partial charge is 0.385 e. The Morgan fingerprint density at radius 3 is 2.32 bits per heavy atom. The van der Waals surface area contributed by atoms with E-state index in [2.05, 4.69) is 25.7 Å². The SMILES string of the molecule is CC1CCN(c2nc(C(C)C)c(C(C)(C)O)s2)CC1. The zero-order chi connectivity index (χ0) is 14.2. The molecule has 0 bridgehead atoms. The predicted molar refractivity (Wildman–Crippen MR) is 82.1 cm³/mol. The molecule has 0 saturated carbocycles. The third-order valence-electron chi connectivity index (χ3n) is 3.80. The van der Waals surface area contributed by atoms with E-state index in [9.17, 15) is 5.11 Å². The minimum absolute atomic E-state index is 0.357. The van der Waals surface area contributed by atoms with E-state index in [4.69, 9.17) is 4.98 Å². The molecule has 4 heteroatoms. The molecule has 1 aliphatic heterocycles. The molecular formula is C15H26N2OS. The Bertz CT molecular complexity index is 426. The van der Waals surface area contributed by atoms with Crippen molar-refractivity contribution in [3.05, 3.63) is 10.6 Å². The molecule has 1 aromatic heterocycles. The fraction of sp³-hybridized carbons (Fsp3) is 0.800. The quantitative estimate of drug-likeness (QED) is 0.917. The number of thiazole rings is 1. The highest BCUT2D eigenvalue weighted by Crippen LogP contribution is 2.38. The maximum absolute atomic E-state index is 10.3. The second-order valence-electron chi connectivity index (χ2n) is 6.59. The Morgan fingerprint density at radius 2 is 1.89 bits per heavy atom. The Morgan fingerprint density at radius 1 is 1.32 bits per heavy atom. The van der Waals surface area contributed by atoms with Crippen molar-refractivity contribution in [1.82, 2.24) is 4.98 Å². The molecule has 0 aliphatic carbocycles. The van der Waals surface area contributed by atoms with Gasteiger partial charge in [0.25, 0.3) is 0 Å². The van der Waals surface area contributed by atoms with Gasteiger partial charge in [0.1, 0.15) is 0 Å². The lowest BCUT2D eigenvalue weighted by atomic mass is 9.99. The summed E-state index contributed by atoms with van der Waals surface area (Å²) in [5.74, 6) is 1.18. The third-order valence-corrected chi connectivity index (χ3v) is 5.24. The van der Waals surface area contributed by atoms with E-state index in [1.165, 1.54) is 12.8 Å². The molecule has 1 saturated heterocycles. The van der Waals surface area contributed by atoms with Crippen molar-refractivity contribution in [2.45, 2.75) is 59.0 Å². The van der Waals surface area contributed by atoms with Crippen LogP contribution in [0.25, 0.3) is 0 Å². The fourth-order valence-corrected chi connectivity index (χ4v) is 3.76. The van der Waals surface area contributed by atoms with E-state index in [1.54, 1.807) is 11.3 Å². The molecule has 0 amide bonds. The third kappa shape index (κ3) is 3.29. The molecule has 0 atom stereocenters. The predicted octanol–water partition coefficient (Wildman–Crippen LogP) is 3.73. The standard InChI is InChI=1S/C15H26N2OS/c1-10(2)12-13(15(4,5)18)19-14(16-12)17-8-6-11(3)7-9-17/h10-11,18H,6-9H2,1-5H3. The zero-order valence-corrected chi connectivity index (χ0v) is 13.5. The number of aliphatic hydroxyl groups is 1. The first kappa shape index (κ1) is 14.8. The van der Waals surface area contributed by atoms with Gasteiger partial charge in [0.05, 0.1) is 16.2 Å². The number of anilines is 1. The molecule has 1 aliphatic rings. The fourth-order valence-electron chi connectivity index (χ4n) is 2.48. The average molecular weight is 282 g/mol. The Hall–Kier alpha value is -0.610. The lowest BCUT2D eigenvalue weighted by Crippen LogP contribution is -2.32. The maximum atomic E-state index is 10.3. The first-order chi connectivity index (χ1) is 8.79. The van der Waals surface area contributed by atoms with E-state index in [1.807, 2.05) is 13.8 Å². The number of hydrogen-bond acceptors (Lipinski definition) is 4. The highest BCUT2D eigenvalue weighted by atomic mass is 32.1. The summed E-state index contributed by atoms with van der Waals surface area (Å²) in [6.07, 6.45) is 2.49. The normalized spacial score (nSPS) is 18.4. The van der Waals surface area contributed by atoms with Crippen molar-refractivity contribution >= 4 is 16.5 Å². The summed E-state index contributed by atoms with van der Waals surface area (Å²) in [5.41, 5.74) is 0.268. The molecule has 0 spiro atoms. The summed E-state index contributed by atoms with van der Waals surface area (Å²) in [5, 5.41) is 11.4. The average Bonchev–Trinajstić information content (AvgIpc) is 2.74. The van der Waals surface area contributed by atoms with Crippen LogP contribution in [0, 0.1) is 5.92 Å². The van der Waals surface area contributed by atoms with E-state index in [0.29, 0.717) is 5.92 Å². The summed E-state index contributed by atoms with van der Waals surface area (Å²) in [6.45, 7) is 12.5. The smallest absolute Gasteiger partial charge is 0.185 e. The Labute approximate surface area is 120 Å². The topological polar surface area (TPSA) is 36.4 Å². The van der Waals surface area contributed by atoms with Gasteiger partial charge in [-0.05, 0) is 38.5 Å². The zero-order valence-electron chi connectivity index (χ0n) is 12.7. The number of hydrogen-bond donors (Lipinski definition) is 1. The monoisotopic (exact) mass is 282 g/mol. The summed E-state index contributed by atoms with van der Waals surface area (Å²) in [4.78, 5) is 8.21. The lowest BCUT2D eigenvalue weighted by molar-refractivity contribution is 0.0811. The van der Waals surface area contributed by atoms with Crippen molar-refractivity contribution in [2.75, 3.05) is 18.0 Å². The minimum atomic E-state index is -0.793. The Kier molecular flexibility index (Phi) is 4.21. The van der Waals surface area contributed by atoms with E-state index in [0.717, 1.165) is 34.7 Å². The van der Waals surface area contributed by atoms with Crippen LogP contribution in [0.15, 0.2) is 0 Å². The second-order valence-corrected chi connectivity index (χ2v) is 7.57. The molecule has 0 unspecified atom stereocenters. The molecule has 1 fully saturated rings. The highest BCUT2D eigenvalue weighted by molar-refractivity contribution is 7.15. The van der Waals surface area contributed by atoms with Crippen molar-refractivity contribution in [3.8, 4) is 0 Å². The van der Waals surface area contributed by atoms with Crippen molar-refractivity contribution in [2.24, 2.45) is 5.92 Å². The van der Waals surface area contributed by atoms with Gasteiger partial charge in [-0.15, -0.1) is 0 Å². The van der Waals surface area contributed by atoms with E-state index in [-0.39, 0.29) is 0 Å². The van der Waals surface area contributed by atoms with Crippen molar-refractivity contribution in [3.63, 3.8) is 0 Å². The molecule has 3 nitrogen and oxygen atoms in total. The summed E-state index contributed by atoms with van der Waals surface area (Å²) >= 11 is 1.67. The van der Waals surface area contributed by atoms with Crippen LogP contribution in [0.5, 0.6) is 0 Å². The van der Waals surface area contributed by atoms with Crippen LogP contribution in [-0.2, 0) is 5.60 Å². The van der Waals surface area contributed by atoms with Gasteiger partial charge in [0.2, 0.25) is 0 Å². The summed E-state index contributed by atoms with van der Waals surface area (Å²) in [7, 11) is 0. The molecule has 2 heterocycles. The molecule has 1 N–H and O–H groups in total. The molecular weight excluding hydrogens is 256 g/mol. The van der Waals surface area contributed by atoms with Gasteiger partial charge in [0, 0.05) is 13.1 Å². The van der Waals surface area contributed by atoms with Gasteiger partial charge in [-0.1, -0.05) is 32.1 Å². The first-order valence-corrected chi connectivity index (χ1v) is 8.09. The van der Waals surface area contributed by atoms with Gasteiger partial charge < -0.3 is 10.0 Å². The van der Waals surface area contributed by atoms with Crippen LogP contribution in [0.4, 0.5) is 5.13 Å². The minimum Gasteiger partial charge on any atom is -0.385 e. The van der Waals surface area contributed by atoms with E-state index >= 15 is 0 Å². The van der Waals surface area contributed by atoms with Crippen LogP contribution < -0.4 is 4.90 Å². The molecule has 1 aromatic rings. The van der Waals surface area contributed by atoms with Gasteiger partial charge in [-0.3, -0.25) is 0 Å². The second kappa shape index (κ2) is 5.41. The van der Waals surface area contributed by atoms with Crippen molar-refractivity contribution < 1.29 is 5.11 Å². The molecule has 2 rings (SSSR count). The molecule has 0 radical (unpaired) electrons. The van der Waals surface area contributed by atoms with Crippen LogP contribution in [0.2, 0.25) is 0 Å².